The van der Waals surface area contributed by atoms with Crippen molar-refractivity contribution in [2.45, 2.75) is 19.3 Å². The van der Waals surface area contributed by atoms with Gasteiger partial charge in [0.15, 0.2) is 0 Å². The molecule has 1 aliphatic rings. The number of fused-ring (bicyclic) bond motifs is 1. The molecule has 0 fully saturated rings. The van der Waals surface area contributed by atoms with Crippen molar-refractivity contribution in [3.63, 3.8) is 0 Å². The Bertz CT molecular complexity index is 349. The Labute approximate surface area is 83.1 Å². The summed E-state index contributed by atoms with van der Waals surface area (Å²) in [5, 5.41) is 2.73. The molecule has 3 heteroatoms. The number of amides is 1. The first-order chi connectivity index (χ1) is 6.81. The van der Waals surface area contributed by atoms with Gasteiger partial charge in [-0.05, 0) is 18.1 Å². The lowest BCUT2D eigenvalue weighted by Gasteiger charge is -2.12. The summed E-state index contributed by atoms with van der Waals surface area (Å²) in [4.78, 5) is 11.2. The Kier molecular flexibility index (Phi) is 2.39. The van der Waals surface area contributed by atoms with E-state index < -0.39 is 0 Å². The predicted molar refractivity (Wildman–Crippen MR) is 54.4 cm³/mol. The molecule has 1 aromatic rings. The van der Waals surface area contributed by atoms with Crippen molar-refractivity contribution in [2.75, 3.05) is 11.9 Å². The average Bonchev–Trinajstić information content (AvgIpc) is 2.36. The van der Waals surface area contributed by atoms with Crippen LogP contribution in [0.2, 0.25) is 0 Å². The number of rotatable bonds is 1. The molecule has 1 N–H and O–H groups in total. The number of anilines is 1. The largest absolute Gasteiger partial charge is 0.449 e. The van der Waals surface area contributed by atoms with Crippen LogP contribution in [0.5, 0.6) is 0 Å². The van der Waals surface area contributed by atoms with Gasteiger partial charge in [0.25, 0.3) is 0 Å². The van der Waals surface area contributed by atoms with E-state index in [4.69, 9.17) is 4.74 Å². The van der Waals surface area contributed by atoms with Gasteiger partial charge in [-0.1, -0.05) is 25.1 Å². The molecule has 1 heterocycles. The second-order valence-corrected chi connectivity index (χ2v) is 3.42. The van der Waals surface area contributed by atoms with Crippen LogP contribution in [0.15, 0.2) is 24.3 Å². The number of ether oxygens (including phenoxy) is 1. The topological polar surface area (TPSA) is 38.3 Å². The second-order valence-electron chi connectivity index (χ2n) is 3.42. The average molecular weight is 191 g/mol. The van der Waals surface area contributed by atoms with Crippen LogP contribution >= 0.6 is 0 Å². The predicted octanol–water partition coefficient (Wildman–Crippen LogP) is 2.74. The standard InChI is InChI=1S/C11H13NO2/c1-2-8-7-14-11(13)12-10-6-4-3-5-9(8)10/h3-6,8H,2,7H2,1H3,(H,12,13). The zero-order valence-electron chi connectivity index (χ0n) is 8.12. The van der Waals surface area contributed by atoms with Gasteiger partial charge in [-0.25, -0.2) is 4.79 Å². The molecular formula is C11H13NO2. The molecule has 1 atom stereocenters. The van der Waals surface area contributed by atoms with Crippen LogP contribution in [0.1, 0.15) is 24.8 Å². The van der Waals surface area contributed by atoms with E-state index in [-0.39, 0.29) is 6.09 Å². The highest BCUT2D eigenvalue weighted by Crippen LogP contribution is 2.29. The van der Waals surface area contributed by atoms with Crippen LogP contribution in [-0.2, 0) is 4.74 Å². The van der Waals surface area contributed by atoms with Gasteiger partial charge in [0.1, 0.15) is 6.61 Å². The number of cyclic esters (lactones) is 1. The minimum atomic E-state index is -0.353. The number of hydrogen-bond donors (Lipinski definition) is 1. The van der Waals surface area contributed by atoms with Crippen molar-refractivity contribution < 1.29 is 9.53 Å². The van der Waals surface area contributed by atoms with Gasteiger partial charge in [0, 0.05) is 11.6 Å². The Morgan fingerprint density at radius 1 is 1.50 bits per heavy atom. The lowest BCUT2D eigenvalue weighted by Crippen LogP contribution is -2.12. The smallest absolute Gasteiger partial charge is 0.411 e. The van der Waals surface area contributed by atoms with Crippen molar-refractivity contribution in [3.8, 4) is 0 Å². The summed E-state index contributed by atoms with van der Waals surface area (Å²) in [7, 11) is 0. The van der Waals surface area contributed by atoms with Crippen molar-refractivity contribution in [2.24, 2.45) is 0 Å². The van der Waals surface area contributed by atoms with E-state index in [1.54, 1.807) is 0 Å². The van der Waals surface area contributed by atoms with E-state index in [0.717, 1.165) is 12.1 Å². The number of hydrogen-bond acceptors (Lipinski definition) is 2. The molecule has 0 saturated carbocycles. The zero-order valence-corrected chi connectivity index (χ0v) is 8.12. The lowest BCUT2D eigenvalue weighted by atomic mass is 9.96. The zero-order chi connectivity index (χ0) is 9.97. The Balaban J connectivity index is 2.40. The molecule has 0 bridgehead atoms. The number of carbonyl (C=O) groups is 1. The van der Waals surface area contributed by atoms with Crippen molar-refractivity contribution >= 4 is 11.8 Å². The molecule has 1 amide bonds. The highest BCUT2D eigenvalue weighted by molar-refractivity contribution is 5.86. The highest BCUT2D eigenvalue weighted by Gasteiger charge is 2.20. The van der Waals surface area contributed by atoms with Gasteiger partial charge >= 0.3 is 6.09 Å². The summed E-state index contributed by atoms with van der Waals surface area (Å²) in [5.74, 6) is 0.310. The summed E-state index contributed by atoms with van der Waals surface area (Å²) in [6.07, 6.45) is 0.625. The summed E-state index contributed by atoms with van der Waals surface area (Å²) >= 11 is 0. The van der Waals surface area contributed by atoms with Gasteiger partial charge in [-0.2, -0.15) is 0 Å². The van der Waals surface area contributed by atoms with Crippen molar-refractivity contribution in [1.82, 2.24) is 0 Å². The summed E-state index contributed by atoms with van der Waals surface area (Å²) < 4.78 is 5.04. The molecule has 0 spiro atoms. The van der Waals surface area contributed by atoms with E-state index >= 15 is 0 Å². The first-order valence-electron chi connectivity index (χ1n) is 4.84. The maximum absolute atomic E-state index is 11.2. The second kappa shape index (κ2) is 3.70. The Morgan fingerprint density at radius 2 is 2.29 bits per heavy atom. The maximum Gasteiger partial charge on any atom is 0.411 e. The van der Waals surface area contributed by atoms with Crippen LogP contribution in [-0.4, -0.2) is 12.7 Å². The molecule has 0 aromatic heterocycles. The van der Waals surface area contributed by atoms with Gasteiger partial charge in [-0.3, -0.25) is 5.32 Å². The van der Waals surface area contributed by atoms with Gasteiger partial charge in [-0.15, -0.1) is 0 Å². The minimum Gasteiger partial charge on any atom is -0.449 e. The molecule has 14 heavy (non-hydrogen) atoms. The van der Waals surface area contributed by atoms with E-state index in [1.165, 1.54) is 5.56 Å². The lowest BCUT2D eigenvalue weighted by molar-refractivity contribution is 0.155. The number of carbonyl (C=O) groups excluding carboxylic acids is 1. The van der Waals surface area contributed by atoms with E-state index in [0.29, 0.717) is 12.5 Å². The molecule has 1 aliphatic heterocycles. The summed E-state index contributed by atoms with van der Waals surface area (Å²) in [5.41, 5.74) is 2.04. The monoisotopic (exact) mass is 191 g/mol. The molecule has 74 valence electrons. The van der Waals surface area contributed by atoms with Crippen LogP contribution in [0.4, 0.5) is 10.5 Å². The fraction of sp³-hybridized carbons (Fsp3) is 0.364. The summed E-state index contributed by atoms with van der Waals surface area (Å²) in [6.45, 7) is 2.57. The number of nitrogens with one attached hydrogen (secondary N) is 1. The molecule has 3 nitrogen and oxygen atoms in total. The van der Waals surface area contributed by atoms with Gasteiger partial charge in [0.05, 0.1) is 0 Å². The Morgan fingerprint density at radius 3 is 3.07 bits per heavy atom. The van der Waals surface area contributed by atoms with E-state index in [9.17, 15) is 4.79 Å². The van der Waals surface area contributed by atoms with E-state index in [2.05, 4.69) is 12.2 Å². The van der Waals surface area contributed by atoms with Gasteiger partial charge < -0.3 is 4.74 Å². The van der Waals surface area contributed by atoms with Crippen LogP contribution in [0, 0.1) is 0 Å². The molecule has 2 rings (SSSR count). The SMILES string of the molecule is CCC1COC(=O)Nc2ccccc21. The quantitative estimate of drug-likeness (QED) is 0.741. The molecular weight excluding hydrogens is 178 g/mol. The first kappa shape index (κ1) is 9.06. The Hall–Kier alpha value is -1.51. The molecule has 0 aliphatic carbocycles. The maximum atomic E-state index is 11.2. The van der Waals surface area contributed by atoms with Crippen LogP contribution in [0.3, 0.4) is 0 Å². The molecule has 1 aromatic carbocycles. The molecule has 1 unspecified atom stereocenters. The van der Waals surface area contributed by atoms with Gasteiger partial charge in [0.2, 0.25) is 0 Å². The summed E-state index contributed by atoms with van der Waals surface area (Å²) in [6, 6.07) is 7.85. The van der Waals surface area contributed by atoms with Crippen molar-refractivity contribution in [1.29, 1.82) is 0 Å². The molecule has 0 saturated heterocycles. The van der Waals surface area contributed by atoms with Crippen LogP contribution in [0.25, 0.3) is 0 Å². The minimum absolute atomic E-state index is 0.310. The normalized spacial score (nSPS) is 20.4. The fourth-order valence-electron chi connectivity index (χ4n) is 1.72. The van der Waals surface area contributed by atoms with E-state index in [1.807, 2.05) is 24.3 Å². The van der Waals surface area contributed by atoms with Crippen LogP contribution < -0.4 is 5.32 Å². The third kappa shape index (κ3) is 1.58. The number of benzene rings is 1. The fourth-order valence-corrected chi connectivity index (χ4v) is 1.72. The highest BCUT2D eigenvalue weighted by atomic mass is 16.5. The first-order valence-corrected chi connectivity index (χ1v) is 4.84. The third-order valence-electron chi connectivity index (χ3n) is 2.55. The molecule has 0 radical (unpaired) electrons. The van der Waals surface area contributed by atoms with Crippen molar-refractivity contribution in [3.05, 3.63) is 29.8 Å². The third-order valence-corrected chi connectivity index (χ3v) is 2.55. The number of para-hydroxylation sites is 1.